The SMILES string of the molecule is C#C[C@]1(C#C[Si](C(C)C)(C(C)C)C(C)C)OC(OCC)O[C@@]1(C#C)C#C[Si](C(C)C)(C(C)C)C(C)C. The standard InChI is InChI=1S/C31H50O3Si2/c1-16-30(19-21-35(23(4)5,24(6)7)25(8)9)31(17-2,34-29(33-30)32-18-3)20-22-36(26(10)11,27(12)13)28(14)15/h1-2,23-29H,18H2,3-15H3/t29?,30-,31+. The average Bonchev–Trinajstić information content (AvgIpc) is 3.07. The number of hydrogen-bond donors (Lipinski definition) is 0. The molecule has 0 N–H and O–H groups in total. The van der Waals surface area contributed by atoms with Crippen molar-refractivity contribution in [1.29, 1.82) is 0 Å². The van der Waals surface area contributed by atoms with Gasteiger partial charge in [0.2, 0.25) is 11.2 Å². The Kier molecular flexibility index (Phi) is 11.2. The van der Waals surface area contributed by atoms with E-state index < -0.39 is 33.8 Å². The zero-order chi connectivity index (χ0) is 28.1. The summed E-state index contributed by atoms with van der Waals surface area (Å²) in [5.41, 5.74) is 6.98. The van der Waals surface area contributed by atoms with E-state index in [9.17, 15) is 0 Å². The summed E-state index contributed by atoms with van der Waals surface area (Å²) in [7, 11) is -4.26. The normalized spacial score (nSPS) is 24.6. The molecule has 0 radical (unpaired) electrons. The van der Waals surface area contributed by atoms with Gasteiger partial charge in [-0.25, -0.2) is 0 Å². The first kappa shape index (κ1) is 32.6. The van der Waals surface area contributed by atoms with Crippen LogP contribution in [0.1, 0.15) is 90.0 Å². The van der Waals surface area contributed by atoms with Crippen LogP contribution in [-0.4, -0.2) is 40.4 Å². The third-order valence-corrected chi connectivity index (χ3v) is 21.0. The molecule has 1 aliphatic heterocycles. The minimum atomic E-state index is -2.13. The van der Waals surface area contributed by atoms with Crippen molar-refractivity contribution in [2.24, 2.45) is 0 Å². The van der Waals surface area contributed by atoms with Crippen LogP contribution < -0.4 is 0 Å². The van der Waals surface area contributed by atoms with E-state index in [1.807, 2.05) is 6.92 Å². The van der Waals surface area contributed by atoms with Gasteiger partial charge in [0.15, 0.2) is 0 Å². The lowest BCUT2D eigenvalue weighted by Gasteiger charge is -2.39. The molecule has 0 spiro atoms. The van der Waals surface area contributed by atoms with Crippen molar-refractivity contribution in [2.75, 3.05) is 6.61 Å². The molecule has 36 heavy (non-hydrogen) atoms. The molecule has 1 aliphatic rings. The molecule has 1 unspecified atom stereocenters. The summed E-state index contributed by atoms with van der Waals surface area (Å²) in [4.78, 5) is 0. The fourth-order valence-corrected chi connectivity index (χ4v) is 17.0. The van der Waals surface area contributed by atoms with Gasteiger partial charge in [-0.2, -0.15) is 0 Å². The zero-order valence-electron chi connectivity index (χ0n) is 25.1. The van der Waals surface area contributed by atoms with Crippen LogP contribution >= 0.6 is 0 Å². The van der Waals surface area contributed by atoms with Gasteiger partial charge in [-0.1, -0.05) is 107 Å². The summed E-state index contributed by atoms with van der Waals surface area (Å²) >= 11 is 0. The highest BCUT2D eigenvalue weighted by atomic mass is 28.3. The topological polar surface area (TPSA) is 27.7 Å². The number of terminal acetylenes is 2. The van der Waals surface area contributed by atoms with Gasteiger partial charge in [0.25, 0.3) is 6.48 Å². The Morgan fingerprint density at radius 2 is 0.917 bits per heavy atom. The van der Waals surface area contributed by atoms with Gasteiger partial charge < -0.3 is 4.74 Å². The Hall–Kier alpha value is -1.45. The Bertz CT molecular complexity index is 839. The molecule has 1 heterocycles. The fraction of sp³-hybridized carbons (Fsp3) is 0.742. The van der Waals surface area contributed by atoms with Gasteiger partial charge in [0.05, 0.1) is 0 Å². The van der Waals surface area contributed by atoms with Gasteiger partial charge in [0, 0.05) is 6.61 Å². The molecule has 0 amide bonds. The molecule has 0 aromatic rings. The van der Waals surface area contributed by atoms with Crippen LogP contribution in [0.5, 0.6) is 0 Å². The second kappa shape index (κ2) is 12.4. The molecule has 5 heteroatoms. The number of rotatable bonds is 8. The predicted octanol–water partition coefficient (Wildman–Crippen LogP) is 7.54. The first-order valence-electron chi connectivity index (χ1n) is 13.6. The highest BCUT2D eigenvalue weighted by Crippen LogP contribution is 2.45. The number of ether oxygens (including phenoxy) is 3. The van der Waals surface area contributed by atoms with Crippen molar-refractivity contribution in [1.82, 2.24) is 0 Å². The average molecular weight is 527 g/mol. The Labute approximate surface area is 225 Å². The molecule has 0 bridgehead atoms. The first-order chi connectivity index (χ1) is 16.6. The summed E-state index contributed by atoms with van der Waals surface area (Å²) in [5.74, 6) is 12.4. The van der Waals surface area contributed by atoms with E-state index in [2.05, 4.69) is 118 Å². The third kappa shape index (κ3) is 5.53. The minimum Gasteiger partial charge on any atom is -0.330 e. The van der Waals surface area contributed by atoms with Gasteiger partial charge in [-0.3, -0.25) is 9.47 Å². The molecule has 0 aromatic carbocycles. The smallest absolute Gasteiger partial charge is 0.276 e. The van der Waals surface area contributed by atoms with Crippen molar-refractivity contribution in [2.45, 2.75) is 141 Å². The quantitative estimate of drug-likeness (QED) is 0.241. The Morgan fingerprint density at radius 1 is 0.639 bits per heavy atom. The molecule has 3 atom stereocenters. The Balaban J connectivity index is 4.02. The highest BCUT2D eigenvalue weighted by molar-refractivity contribution is 6.91. The lowest BCUT2D eigenvalue weighted by atomic mass is 9.85. The van der Waals surface area contributed by atoms with Crippen LogP contribution in [-0.2, 0) is 14.2 Å². The van der Waals surface area contributed by atoms with Crippen molar-refractivity contribution >= 4 is 16.1 Å². The van der Waals surface area contributed by atoms with Crippen molar-refractivity contribution in [3.05, 3.63) is 0 Å². The van der Waals surface area contributed by atoms with E-state index in [4.69, 9.17) is 27.1 Å². The summed E-state index contributed by atoms with van der Waals surface area (Å²) in [5, 5.41) is 0. The van der Waals surface area contributed by atoms with Crippen LogP contribution in [0.3, 0.4) is 0 Å². The van der Waals surface area contributed by atoms with Crippen molar-refractivity contribution in [3.8, 4) is 47.6 Å². The maximum Gasteiger partial charge on any atom is 0.276 e. The lowest BCUT2D eigenvalue weighted by Crippen LogP contribution is -2.51. The molecule has 0 aromatic heterocycles. The second-order valence-corrected chi connectivity index (χ2v) is 23.1. The monoisotopic (exact) mass is 526 g/mol. The van der Waals surface area contributed by atoms with Gasteiger partial charge >= 0.3 is 0 Å². The van der Waals surface area contributed by atoms with Gasteiger partial charge in [0.1, 0.15) is 16.1 Å². The molecular weight excluding hydrogens is 477 g/mol. The molecule has 3 nitrogen and oxygen atoms in total. The lowest BCUT2D eigenvalue weighted by molar-refractivity contribution is -0.242. The van der Waals surface area contributed by atoms with E-state index in [1.54, 1.807) is 0 Å². The van der Waals surface area contributed by atoms with E-state index in [-0.39, 0.29) is 0 Å². The van der Waals surface area contributed by atoms with Crippen LogP contribution in [0.4, 0.5) is 0 Å². The molecule has 0 aliphatic carbocycles. The van der Waals surface area contributed by atoms with Crippen LogP contribution in [0.15, 0.2) is 0 Å². The van der Waals surface area contributed by atoms with Crippen molar-refractivity contribution < 1.29 is 14.2 Å². The third-order valence-electron chi connectivity index (χ3n) is 8.39. The maximum atomic E-state index is 6.27. The molecular formula is C31H50O3Si2. The molecule has 1 rings (SSSR count). The molecule has 1 saturated heterocycles. The highest BCUT2D eigenvalue weighted by Gasteiger charge is 2.61. The summed E-state index contributed by atoms with van der Waals surface area (Å²) < 4.78 is 18.2. The van der Waals surface area contributed by atoms with E-state index in [1.165, 1.54) is 0 Å². The maximum absolute atomic E-state index is 6.27. The summed E-state index contributed by atoms with van der Waals surface area (Å²) in [6.45, 7) is 28.4. The number of hydrogen-bond acceptors (Lipinski definition) is 3. The summed E-state index contributed by atoms with van der Waals surface area (Å²) in [6, 6.07) is 0. The Morgan fingerprint density at radius 3 is 1.11 bits per heavy atom. The largest absolute Gasteiger partial charge is 0.330 e. The first-order valence-corrected chi connectivity index (χ1v) is 18.1. The van der Waals surface area contributed by atoms with E-state index in [0.29, 0.717) is 39.9 Å². The van der Waals surface area contributed by atoms with Gasteiger partial charge in [-0.15, -0.1) is 23.9 Å². The van der Waals surface area contributed by atoms with Gasteiger partial charge in [-0.05, 0) is 40.2 Å². The van der Waals surface area contributed by atoms with E-state index in [0.717, 1.165) is 0 Å². The van der Waals surface area contributed by atoms with Crippen LogP contribution in [0.2, 0.25) is 33.2 Å². The van der Waals surface area contributed by atoms with Crippen LogP contribution in [0.25, 0.3) is 0 Å². The van der Waals surface area contributed by atoms with Crippen LogP contribution in [0, 0.1) is 47.6 Å². The fourth-order valence-electron chi connectivity index (χ4n) is 6.52. The van der Waals surface area contributed by atoms with Crippen molar-refractivity contribution in [3.63, 3.8) is 0 Å². The molecule has 200 valence electrons. The predicted molar refractivity (Wildman–Crippen MR) is 158 cm³/mol. The van der Waals surface area contributed by atoms with E-state index >= 15 is 0 Å². The minimum absolute atomic E-state index is 0.387. The second-order valence-electron chi connectivity index (χ2n) is 11.9. The molecule has 0 saturated carbocycles. The summed E-state index contributed by atoms with van der Waals surface area (Å²) in [6.07, 6.45) is 12.4. The molecule has 1 fully saturated rings. The zero-order valence-corrected chi connectivity index (χ0v) is 27.1.